The maximum Gasteiger partial charge on any atom is 0.400 e. The predicted molar refractivity (Wildman–Crippen MR) is 180 cm³/mol. The van der Waals surface area contributed by atoms with Crippen molar-refractivity contribution in [3.63, 3.8) is 0 Å². The van der Waals surface area contributed by atoms with Crippen molar-refractivity contribution < 1.29 is 16.8 Å². The van der Waals surface area contributed by atoms with Gasteiger partial charge in [0.2, 0.25) is 0 Å². The van der Waals surface area contributed by atoms with E-state index < -0.39 is 10.4 Å². The van der Waals surface area contributed by atoms with Gasteiger partial charge in [0.25, 0.3) is 0 Å². The number of hydrogen-bond acceptors (Lipinski definition) is 4. The predicted octanol–water partition coefficient (Wildman–Crippen LogP) is 10.2. The molecule has 0 aromatic rings. The van der Waals surface area contributed by atoms with Gasteiger partial charge < -0.3 is 0 Å². The molecule has 8 aliphatic rings. The second-order valence-electron chi connectivity index (χ2n) is 19.4. The molecule has 5 heteroatoms. The maximum atomic E-state index is 13.4. The lowest BCUT2D eigenvalue weighted by atomic mass is 9.45. The number of rotatable bonds is 4. The van der Waals surface area contributed by atoms with Crippen LogP contribution in [0.2, 0.25) is 0 Å². The molecule has 8 rings (SSSR count). The first-order valence-electron chi connectivity index (χ1n) is 19.2. The summed E-state index contributed by atoms with van der Waals surface area (Å²) in [6, 6.07) is 0. The van der Waals surface area contributed by atoms with Gasteiger partial charge in [0, 0.05) is 0 Å². The third-order valence-corrected chi connectivity index (χ3v) is 18.1. The summed E-state index contributed by atoms with van der Waals surface area (Å²) >= 11 is 0. The van der Waals surface area contributed by atoms with Crippen LogP contribution >= 0.6 is 0 Å². The molecule has 0 N–H and O–H groups in total. The molecule has 0 aromatic heterocycles. The molecule has 8 saturated carbocycles. The fourth-order valence-corrected chi connectivity index (χ4v) is 16.0. The molecule has 252 valence electrons. The van der Waals surface area contributed by atoms with Crippen LogP contribution in [0.3, 0.4) is 0 Å². The van der Waals surface area contributed by atoms with E-state index in [0.29, 0.717) is 33.5 Å². The molecule has 45 heavy (non-hydrogen) atoms. The van der Waals surface area contributed by atoms with Crippen LogP contribution < -0.4 is 0 Å². The molecule has 0 aliphatic heterocycles. The molecule has 0 radical (unpaired) electrons. The van der Waals surface area contributed by atoms with Gasteiger partial charge in [0.1, 0.15) is 0 Å². The average Bonchev–Trinajstić information content (AvgIpc) is 3.46. The third-order valence-electron chi connectivity index (χ3n) is 17.1. The van der Waals surface area contributed by atoms with Crippen LogP contribution in [0.1, 0.15) is 143 Å². The van der Waals surface area contributed by atoms with Crippen LogP contribution in [0.4, 0.5) is 0 Å². The largest absolute Gasteiger partial charge is 0.400 e. The molecular weight excluding hydrogens is 577 g/mol. The molecule has 0 bridgehead atoms. The fraction of sp³-hybridized carbons (Fsp3) is 0.900. The van der Waals surface area contributed by atoms with E-state index in [1.54, 1.807) is 0 Å². The quantitative estimate of drug-likeness (QED) is 0.288. The van der Waals surface area contributed by atoms with Gasteiger partial charge in [-0.15, -0.1) is 0 Å². The highest BCUT2D eigenvalue weighted by Gasteiger charge is 2.60. The summed E-state index contributed by atoms with van der Waals surface area (Å²) in [6.07, 6.45) is 20.4. The second kappa shape index (κ2) is 10.7. The van der Waals surface area contributed by atoms with Gasteiger partial charge in [0.15, 0.2) is 0 Å². The van der Waals surface area contributed by atoms with Crippen molar-refractivity contribution in [3.8, 4) is 0 Å². The van der Waals surface area contributed by atoms with Gasteiger partial charge >= 0.3 is 10.4 Å². The molecule has 4 nitrogen and oxygen atoms in total. The van der Waals surface area contributed by atoms with Crippen molar-refractivity contribution in [1.29, 1.82) is 0 Å². The Labute approximate surface area is 275 Å². The minimum Gasteiger partial charge on any atom is -0.245 e. The molecule has 0 amide bonds. The van der Waals surface area contributed by atoms with Crippen LogP contribution in [-0.4, -0.2) is 20.6 Å². The van der Waals surface area contributed by atoms with E-state index in [0.717, 1.165) is 74.0 Å². The van der Waals surface area contributed by atoms with Crippen molar-refractivity contribution in [3.05, 3.63) is 24.3 Å². The van der Waals surface area contributed by atoms with E-state index >= 15 is 0 Å². The van der Waals surface area contributed by atoms with E-state index in [4.69, 9.17) is 8.37 Å². The van der Waals surface area contributed by atoms with Gasteiger partial charge in [0.05, 0.1) is 12.2 Å². The Balaban J connectivity index is 0.879. The Morgan fingerprint density at radius 3 is 1.42 bits per heavy atom. The highest BCUT2D eigenvalue weighted by Crippen LogP contribution is 2.68. The normalized spacial score (nSPS) is 54.3. The lowest BCUT2D eigenvalue weighted by Gasteiger charge is -2.60. The lowest BCUT2D eigenvalue weighted by molar-refractivity contribution is -0.123. The highest BCUT2D eigenvalue weighted by atomic mass is 32.3. The van der Waals surface area contributed by atoms with E-state index in [1.165, 1.54) is 88.2 Å². The zero-order chi connectivity index (χ0) is 31.6. The van der Waals surface area contributed by atoms with E-state index in [2.05, 4.69) is 40.9 Å². The summed E-state index contributed by atoms with van der Waals surface area (Å²) in [7, 11) is -4.01. The summed E-state index contributed by atoms with van der Waals surface area (Å²) in [5.41, 5.74) is 4.51. The monoisotopic (exact) mass is 638 g/mol. The summed E-state index contributed by atoms with van der Waals surface area (Å²) in [6.45, 7) is 19.0. The smallest absolute Gasteiger partial charge is 0.245 e. The van der Waals surface area contributed by atoms with Crippen molar-refractivity contribution >= 4 is 10.4 Å². The highest BCUT2D eigenvalue weighted by molar-refractivity contribution is 7.81. The van der Waals surface area contributed by atoms with Crippen molar-refractivity contribution in [2.45, 2.75) is 155 Å². The zero-order valence-electron chi connectivity index (χ0n) is 29.0. The minimum absolute atomic E-state index is 0.230. The maximum absolute atomic E-state index is 13.4. The summed E-state index contributed by atoms with van der Waals surface area (Å²) in [4.78, 5) is 0. The Kier molecular flexibility index (Phi) is 7.50. The first kappa shape index (κ1) is 31.6. The summed E-state index contributed by atoms with van der Waals surface area (Å²) in [5.74, 6) is 5.89. The lowest BCUT2D eigenvalue weighted by Crippen LogP contribution is -2.54. The zero-order valence-corrected chi connectivity index (χ0v) is 29.8. The molecule has 0 heterocycles. The first-order valence-corrected chi connectivity index (χ1v) is 20.5. The standard InChI is InChI=1S/C40H62O4S/c1-25-19-35-31-9-7-27-21-29(11-17-39(27,5)33(31)13-15-37(35,3)23-25)43-45(41,42)44-30-12-18-40(6)28(22-30)8-10-32-34(40)14-16-38(4)24-26(2)20-36(32)38/h27-36H,1-2,7-24H2,3-6H3/t27-,28-,29-,30-,31-,32-,33+,34+,35+,36+,37-,38-,39+,40+/m1/s1. The van der Waals surface area contributed by atoms with Crippen LogP contribution in [0.5, 0.6) is 0 Å². The molecule has 0 aromatic carbocycles. The van der Waals surface area contributed by atoms with Crippen LogP contribution in [0, 0.1) is 69.0 Å². The van der Waals surface area contributed by atoms with Gasteiger partial charge in [-0.05, 0) is 185 Å². The Hall–Kier alpha value is -0.650. The van der Waals surface area contributed by atoms with Crippen molar-refractivity contribution in [2.24, 2.45) is 69.0 Å². The molecule has 0 saturated heterocycles. The van der Waals surface area contributed by atoms with Gasteiger partial charge in [-0.3, -0.25) is 0 Å². The average molecular weight is 639 g/mol. The van der Waals surface area contributed by atoms with E-state index in [1.807, 2.05) is 0 Å². The molecule has 8 fully saturated rings. The van der Waals surface area contributed by atoms with Crippen molar-refractivity contribution in [2.75, 3.05) is 0 Å². The van der Waals surface area contributed by atoms with Crippen LogP contribution in [0.15, 0.2) is 24.3 Å². The number of hydrogen-bond donors (Lipinski definition) is 0. The number of allylic oxidation sites excluding steroid dienone is 2. The Bertz CT molecular complexity index is 1240. The molecule has 14 atom stereocenters. The first-order chi connectivity index (χ1) is 21.2. The topological polar surface area (TPSA) is 52.6 Å². The van der Waals surface area contributed by atoms with Crippen LogP contribution in [0.25, 0.3) is 0 Å². The number of fused-ring (bicyclic) bond motifs is 10. The molecular formula is C40H62O4S. The van der Waals surface area contributed by atoms with Gasteiger partial charge in [-0.1, -0.05) is 52.0 Å². The van der Waals surface area contributed by atoms with Crippen molar-refractivity contribution in [1.82, 2.24) is 0 Å². The molecule has 0 spiro atoms. The Morgan fingerprint density at radius 1 is 0.578 bits per heavy atom. The third kappa shape index (κ3) is 5.03. The summed E-state index contributed by atoms with van der Waals surface area (Å²) in [5, 5.41) is 0. The van der Waals surface area contributed by atoms with E-state index in [9.17, 15) is 8.42 Å². The van der Waals surface area contributed by atoms with Gasteiger partial charge in [-0.25, -0.2) is 8.37 Å². The SMILES string of the molecule is C=C1C[C@H]2[C@@H]3CC[C@@H]4C[C@H](OS(=O)(=O)O[C@@H]5CC[C@@]6(C)[C@H](CC[C@H]7[C@@H]8CC(=C)C[C@@]8(C)CC[C@@H]76)C5)CC[C@]4(C)[C@H]3CC[C@]2(C)C1. The molecule has 0 unspecified atom stereocenters. The Morgan fingerprint density at radius 2 is 1.00 bits per heavy atom. The van der Waals surface area contributed by atoms with Crippen LogP contribution in [-0.2, 0) is 18.8 Å². The minimum atomic E-state index is -4.01. The fourth-order valence-electron chi connectivity index (χ4n) is 14.9. The second-order valence-corrected chi connectivity index (χ2v) is 20.6. The molecule has 8 aliphatic carbocycles. The van der Waals surface area contributed by atoms with E-state index in [-0.39, 0.29) is 12.2 Å². The summed E-state index contributed by atoms with van der Waals surface area (Å²) < 4.78 is 38.8. The van der Waals surface area contributed by atoms with Gasteiger partial charge in [-0.2, -0.15) is 8.42 Å².